The molecule has 4 nitrogen and oxygen atoms in total. The maximum absolute atomic E-state index is 11.2. The minimum Gasteiger partial charge on any atom is -0.493 e. The zero-order valence-electron chi connectivity index (χ0n) is 14.4. The van der Waals surface area contributed by atoms with Crippen molar-refractivity contribution in [2.75, 3.05) is 11.9 Å². The van der Waals surface area contributed by atoms with Crippen molar-refractivity contribution in [3.05, 3.63) is 59.7 Å². The SMILES string of the molecule is CC(=O)Nc1cccc([C@H](C)N[C@@H](C)[C@H]2COc3ccccc32)c1. The van der Waals surface area contributed by atoms with Gasteiger partial charge in [0.1, 0.15) is 5.75 Å². The molecule has 0 fully saturated rings. The highest BCUT2D eigenvalue weighted by molar-refractivity contribution is 5.88. The summed E-state index contributed by atoms with van der Waals surface area (Å²) in [4.78, 5) is 11.2. The second-order valence-corrected chi connectivity index (χ2v) is 6.44. The summed E-state index contributed by atoms with van der Waals surface area (Å²) in [5.74, 6) is 1.29. The van der Waals surface area contributed by atoms with E-state index in [4.69, 9.17) is 4.74 Å². The highest BCUT2D eigenvalue weighted by Crippen LogP contribution is 2.36. The van der Waals surface area contributed by atoms with Gasteiger partial charge in [0.2, 0.25) is 5.91 Å². The summed E-state index contributed by atoms with van der Waals surface area (Å²) in [5.41, 5.74) is 3.26. The van der Waals surface area contributed by atoms with Crippen molar-refractivity contribution in [1.82, 2.24) is 5.32 Å². The fourth-order valence-electron chi connectivity index (χ4n) is 3.30. The summed E-state index contributed by atoms with van der Waals surface area (Å²) in [6.45, 7) is 6.58. The van der Waals surface area contributed by atoms with Crippen LogP contribution in [0, 0.1) is 0 Å². The molecule has 0 saturated heterocycles. The number of carbonyl (C=O) groups is 1. The van der Waals surface area contributed by atoms with Gasteiger partial charge in [-0.15, -0.1) is 0 Å². The van der Waals surface area contributed by atoms with Crippen LogP contribution < -0.4 is 15.4 Å². The average molecular weight is 324 g/mol. The number of hydrogen-bond donors (Lipinski definition) is 2. The van der Waals surface area contributed by atoms with Crippen molar-refractivity contribution < 1.29 is 9.53 Å². The van der Waals surface area contributed by atoms with Crippen molar-refractivity contribution in [3.8, 4) is 5.75 Å². The maximum atomic E-state index is 11.2. The Bertz CT molecular complexity index is 729. The fraction of sp³-hybridized carbons (Fsp3) is 0.350. The van der Waals surface area contributed by atoms with E-state index in [-0.39, 0.29) is 18.0 Å². The van der Waals surface area contributed by atoms with Crippen LogP contribution in [0.25, 0.3) is 0 Å². The van der Waals surface area contributed by atoms with Crippen LogP contribution in [-0.4, -0.2) is 18.6 Å². The molecule has 0 radical (unpaired) electrons. The van der Waals surface area contributed by atoms with Gasteiger partial charge < -0.3 is 15.4 Å². The molecule has 0 unspecified atom stereocenters. The van der Waals surface area contributed by atoms with Crippen LogP contribution in [0.1, 0.15) is 43.9 Å². The number of nitrogens with one attached hydrogen (secondary N) is 2. The van der Waals surface area contributed by atoms with Crippen molar-refractivity contribution in [2.45, 2.75) is 38.8 Å². The van der Waals surface area contributed by atoms with Gasteiger partial charge in [-0.1, -0.05) is 30.3 Å². The summed E-state index contributed by atoms with van der Waals surface area (Å²) >= 11 is 0. The minimum atomic E-state index is -0.0548. The molecule has 3 rings (SSSR count). The number of amides is 1. The normalized spacial score (nSPS) is 18.4. The van der Waals surface area contributed by atoms with E-state index < -0.39 is 0 Å². The first-order valence-electron chi connectivity index (χ1n) is 8.40. The molecule has 1 aliphatic heterocycles. The zero-order valence-corrected chi connectivity index (χ0v) is 14.4. The van der Waals surface area contributed by atoms with Gasteiger partial charge in [0.15, 0.2) is 0 Å². The molecule has 3 atom stereocenters. The molecule has 1 heterocycles. The number of rotatable bonds is 5. The Labute approximate surface area is 143 Å². The van der Waals surface area contributed by atoms with Gasteiger partial charge >= 0.3 is 0 Å². The highest BCUT2D eigenvalue weighted by Gasteiger charge is 2.29. The fourth-order valence-corrected chi connectivity index (χ4v) is 3.30. The predicted molar refractivity (Wildman–Crippen MR) is 96.4 cm³/mol. The van der Waals surface area contributed by atoms with Crippen LogP contribution in [0.2, 0.25) is 0 Å². The largest absolute Gasteiger partial charge is 0.493 e. The lowest BCUT2D eigenvalue weighted by atomic mass is 9.93. The van der Waals surface area contributed by atoms with Gasteiger partial charge in [0.25, 0.3) is 0 Å². The third-order valence-electron chi connectivity index (χ3n) is 4.56. The van der Waals surface area contributed by atoms with Crippen molar-refractivity contribution in [3.63, 3.8) is 0 Å². The summed E-state index contributed by atoms with van der Waals surface area (Å²) in [6.07, 6.45) is 0. The molecule has 24 heavy (non-hydrogen) atoms. The molecule has 0 bridgehead atoms. The lowest BCUT2D eigenvalue weighted by Gasteiger charge is -2.25. The van der Waals surface area contributed by atoms with Gasteiger partial charge in [0.05, 0.1) is 6.61 Å². The smallest absolute Gasteiger partial charge is 0.221 e. The predicted octanol–water partition coefficient (Wildman–Crippen LogP) is 3.86. The standard InChI is InChI=1S/C20H24N2O2/c1-13(16-7-6-8-17(11-16)22-15(3)23)21-14(2)19-12-24-20-10-5-4-9-18(19)20/h4-11,13-14,19,21H,12H2,1-3H3,(H,22,23)/t13-,14-,19+/m0/s1. The lowest BCUT2D eigenvalue weighted by Crippen LogP contribution is -2.35. The molecule has 126 valence electrons. The third-order valence-corrected chi connectivity index (χ3v) is 4.56. The summed E-state index contributed by atoms with van der Waals surface area (Å²) < 4.78 is 5.79. The molecule has 1 amide bonds. The molecule has 0 saturated carbocycles. The number of carbonyl (C=O) groups excluding carboxylic acids is 1. The number of para-hydroxylation sites is 1. The first-order valence-corrected chi connectivity index (χ1v) is 8.40. The third kappa shape index (κ3) is 3.60. The monoisotopic (exact) mass is 324 g/mol. The van der Waals surface area contributed by atoms with E-state index in [1.165, 1.54) is 12.5 Å². The molecule has 2 aromatic rings. The maximum Gasteiger partial charge on any atom is 0.221 e. The van der Waals surface area contributed by atoms with Crippen LogP contribution in [0.3, 0.4) is 0 Å². The molecule has 4 heteroatoms. The minimum absolute atomic E-state index is 0.0548. The van der Waals surface area contributed by atoms with E-state index >= 15 is 0 Å². The zero-order chi connectivity index (χ0) is 17.1. The van der Waals surface area contributed by atoms with Crippen molar-refractivity contribution >= 4 is 11.6 Å². The Hall–Kier alpha value is -2.33. The Balaban J connectivity index is 1.69. The quantitative estimate of drug-likeness (QED) is 0.878. The number of anilines is 1. The van der Waals surface area contributed by atoms with E-state index in [9.17, 15) is 4.79 Å². The van der Waals surface area contributed by atoms with Crippen molar-refractivity contribution in [1.29, 1.82) is 0 Å². The number of benzene rings is 2. The van der Waals surface area contributed by atoms with Crippen LogP contribution >= 0.6 is 0 Å². The Morgan fingerprint density at radius 3 is 2.75 bits per heavy atom. The van der Waals surface area contributed by atoms with E-state index in [0.29, 0.717) is 12.5 Å². The summed E-state index contributed by atoms with van der Waals surface area (Å²) in [6, 6.07) is 16.7. The van der Waals surface area contributed by atoms with Crippen molar-refractivity contribution in [2.24, 2.45) is 0 Å². The highest BCUT2D eigenvalue weighted by atomic mass is 16.5. The van der Waals surface area contributed by atoms with E-state index in [2.05, 4.69) is 42.7 Å². The average Bonchev–Trinajstić information content (AvgIpc) is 2.98. The molecule has 0 aromatic heterocycles. The summed E-state index contributed by atoms with van der Waals surface area (Å²) in [7, 11) is 0. The molecule has 0 aliphatic carbocycles. The van der Waals surface area contributed by atoms with Gasteiger partial charge in [-0.25, -0.2) is 0 Å². The molecular formula is C20H24N2O2. The second-order valence-electron chi connectivity index (χ2n) is 6.44. The Kier molecular flexibility index (Phi) is 4.86. The molecule has 0 spiro atoms. The first kappa shape index (κ1) is 16.5. The van der Waals surface area contributed by atoms with Gasteiger partial charge in [-0.05, 0) is 37.6 Å². The van der Waals surface area contributed by atoms with Crippen LogP contribution in [0.4, 0.5) is 5.69 Å². The molecule has 2 aromatic carbocycles. The molecule has 2 N–H and O–H groups in total. The van der Waals surface area contributed by atoms with E-state index in [1.807, 2.05) is 30.3 Å². The Morgan fingerprint density at radius 2 is 1.96 bits per heavy atom. The Morgan fingerprint density at radius 1 is 1.17 bits per heavy atom. The number of hydrogen-bond acceptors (Lipinski definition) is 3. The number of ether oxygens (including phenoxy) is 1. The van der Waals surface area contributed by atoms with Gasteiger partial charge in [-0.3, -0.25) is 4.79 Å². The van der Waals surface area contributed by atoms with E-state index in [0.717, 1.165) is 17.0 Å². The second kappa shape index (κ2) is 7.05. The first-order chi connectivity index (χ1) is 11.5. The van der Waals surface area contributed by atoms with Crippen LogP contribution in [-0.2, 0) is 4.79 Å². The molecular weight excluding hydrogens is 300 g/mol. The topological polar surface area (TPSA) is 50.4 Å². The van der Waals surface area contributed by atoms with E-state index in [1.54, 1.807) is 0 Å². The van der Waals surface area contributed by atoms with Gasteiger partial charge in [-0.2, -0.15) is 0 Å². The summed E-state index contributed by atoms with van der Waals surface area (Å²) in [5, 5.41) is 6.50. The van der Waals surface area contributed by atoms with Gasteiger partial charge in [0, 0.05) is 36.2 Å². The molecule has 1 aliphatic rings. The number of fused-ring (bicyclic) bond motifs is 1. The van der Waals surface area contributed by atoms with Crippen LogP contribution in [0.15, 0.2) is 48.5 Å². The van der Waals surface area contributed by atoms with Crippen LogP contribution in [0.5, 0.6) is 5.75 Å². The lowest BCUT2D eigenvalue weighted by molar-refractivity contribution is -0.114.